The minimum absolute atomic E-state index is 0.0813. The first-order valence-electron chi connectivity index (χ1n) is 17.6. The molecule has 2 atom stereocenters. The highest BCUT2D eigenvalue weighted by Crippen LogP contribution is 2.31. The van der Waals surface area contributed by atoms with Gasteiger partial charge in [-0.3, -0.25) is 19.4 Å². The normalized spacial score (nSPS) is 18.8. The second kappa shape index (κ2) is 14.5. The first-order valence-corrected chi connectivity index (χ1v) is 17.6. The molecule has 2 saturated heterocycles. The fourth-order valence-corrected chi connectivity index (χ4v) is 7.25. The van der Waals surface area contributed by atoms with Crippen molar-refractivity contribution in [3.63, 3.8) is 0 Å². The third-order valence-electron chi connectivity index (χ3n) is 10.3. The Labute approximate surface area is 298 Å². The van der Waals surface area contributed by atoms with E-state index in [9.17, 15) is 14.7 Å². The number of nitrogens with zero attached hydrogens (tertiary/aromatic N) is 6. The highest BCUT2D eigenvalue weighted by molar-refractivity contribution is 5.83. The Balaban J connectivity index is 1.32. The van der Waals surface area contributed by atoms with Gasteiger partial charge in [0.05, 0.1) is 29.6 Å². The van der Waals surface area contributed by atoms with Gasteiger partial charge < -0.3 is 10.4 Å². The fraction of sp³-hybridized carbons (Fsp3) is 0.400. The lowest BCUT2D eigenvalue weighted by molar-refractivity contribution is 0.0960. The molecule has 2 aromatic carbocycles. The number of nitrogens with one attached hydrogen (secondary N) is 1. The molecule has 0 saturated carbocycles. The Morgan fingerprint density at radius 2 is 1.80 bits per heavy atom. The van der Waals surface area contributed by atoms with Crippen LogP contribution in [0.3, 0.4) is 0 Å². The maximum absolute atomic E-state index is 15.4. The number of hydrogen-bond acceptors (Lipinski definition) is 8. The number of halogens is 1. The van der Waals surface area contributed by atoms with E-state index in [0.29, 0.717) is 46.4 Å². The van der Waals surface area contributed by atoms with Crippen LogP contribution in [0.15, 0.2) is 88.3 Å². The van der Waals surface area contributed by atoms with E-state index in [0.717, 1.165) is 41.1 Å². The zero-order chi connectivity index (χ0) is 36.6. The molecule has 2 aliphatic rings. The summed E-state index contributed by atoms with van der Waals surface area (Å²) in [6, 6.07) is 11.2. The largest absolute Gasteiger partial charge is 0.392 e. The number of rotatable bonds is 10. The lowest BCUT2D eigenvalue weighted by atomic mass is 9.86. The number of allylic oxidation sites excluding steroid dienone is 3. The maximum atomic E-state index is 15.4. The zero-order valence-electron chi connectivity index (χ0n) is 30.4. The number of aliphatic hydroxyl groups excluding tert-OH is 1. The van der Waals surface area contributed by atoms with Crippen molar-refractivity contribution in [2.45, 2.75) is 71.1 Å². The molecule has 2 bridgehead atoms. The summed E-state index contributed by atoms with van der Waals surface area (Å²) >= 11 is 0. The van der Waals surface area contributed by atoms with E-state index in [2.05, 4.69) is 45.0 Å². The Hall–Kier alpha value is -4.71. The molecule has 0 radical (unpaired) electrons. The van der Waals surface area contributed by atoms with Crippen LogP contribution in [0.25, 0.3) is 27.7 Å². The van der Waals surface area contributed by atoms with Gasteiger partial charge >= 0.3 is 0 Å². The number of fused-ring (bicyclic) bond motifs is 3. The molecule has 0 spiro atoms. The molecule has 0 aliphatic carbocycles. The molecule has 51 heavy (non-hydrogen) atoms. The molecular weight excluding hydrogens is 645 g/mol. The molecule has 268 valence electrons. The molecule has 2 aromatic heterocycles. The Bertz CT molecular complexity index is 2150. The number of benzene rings is 2. The van der Waals surface area contributed by atoms with Crippen molar-refractivity contribution in [3.05, 3.63) is 116 Å². The van der Waals surface area contributed by atoms with Gasteiger partial charge in [-0.25, -0.2) is 9.07 Å². The van der Waals surface area contributed by atoms with Gasteiger partial charge in [-0.05, 0) is 73.2 Å². The first kappa shape index (κ1) is 36.1. The minimum atomic E-state index is -0.641. The van der Waals surface area contributed by atoms with Crippen LogP contribution in [0.2, 0.25) is 0 Å². The number of aromatic nitrogens is 4. The molecule has 11 heteroatoms. The van der Waals surface area contributed by atoms with Crippen LogP contribution in [-0.4, -0.2) is 73.2 Å². The molecule has 4 aromatic rings. The van der Waals surface area contributed by atoms with Crippen LogP contribution in [0, 0.1) is 5.82 Å². The van der Waals surface area contributed by atoms with Crippen molar-refractivity contribution in [1.29, 1.82) is 0 Å². The van der Waals surface area contributed by atoms with Crippen LogP contribution < -0.4 is 16.4 Å². The quantitative estimate of drug-likeness (QED) is 0.205. The number of piperazine rings is 1. The van der Waals surface area contributed by atoms with Crippen molar-refractivity contribution in [2.75, 3.05) is 32.0 Å². The summed E-state index contributed by atoms with van der Waals surface area (Å²) in [7, 11) is 3.80. The summed E-state index contributed by atoms with van der Waals surface area (Å²) in [6.07, 6.45) is 10.5. The van der Waals surface area contributed by atoms with Gasteiger partial charge in [-0.15, -0.1) is 0 Å². The Morgan fingerprint density at radius 1 is 1.08 bits per heavy atom. The Morgan fingerprint density at radius 3 is 2.45 bits per heavy atom. The fourth-order valence-electron chi connectivity index (χ4n) is 7.25. The van der Waals surface area contributed by atoms with Gasteiger partial charge in [0.1, 0.15) is 11.5 Å². The molecule has 4 heterocycles. The van der Waals surface area contributed by atoms with Crippen LogP contribution in [0.4, 0.5) is 10.1 Å². The second-order valence-electron chi connectivity index (χ2n) is 14.7. The van der Waals surface area contributed by atoms with E-state index in [4.69, 9.17) is 0 Å². The molecule has 2 aliphatic heterocycles. The van der Waals surface area contributed by atoms with Gasteiger partial charge in [0.25, 0.3) is 11.1 Å². The molecule has 2 N–H and O–H groups in total. The predicted molar refractivity (Wildman–Crippen MR) is 202 cm³/mol. The second-order valence-corrected chi connectivity index (χ2v) is 14.7. The number of aliphatic hydroxyl groups is 1. The third-order valence-corrected chi connectivity index (χ3v) is 10.3. The smallest absolute Gasteiger partial charge is 0.290 e. The lowest BCUT2D eigenvalue weighted by Crippen LogP contribution is -2.52. The minimum Gasteiger partial charge on any atom is -0.392 e. The third kappa shape index (κ3) is 7.24. The lowest BCUT2D eigenvalue weighted by Gasteiger charge is -2.39. The van der Waals surface area contributed by atoms with Crippen molar-refractivity contribution < 1.29 is 9.50 Å². The van der Waals surface area contributed by atoms with Crippen LogP contribution in [0.1, 0.15) is 58.1 Å². The van der Waals surface area contributed by atoms with Crippen LogP contribution >= 0.6 is 0 Å². The van der Waals surface area contributed by atoms with Gasteiger partial charge in [-0.2, -0.15) is 14.9 Å². The molecule has 0 amide bonds. The number of hydrogen-bond donors (Lipinski definition) is 2. The average molecular weight is 694 g/mol. The van der Waals surface area contributed by atoms with E-state index in [1.54, 1.807) is 37.4 Å². The summed E-state index contributed by atoms with van der Waals surface area (Å²) in [4.78, 5) is 32.0. The summed E-state index contributed by atoms with van der Waals surface area (Å²) in [5.74, 6) is -0.628. The summed E-state index contributed by atoms with van der Waals surface area (Å²) in [6.45, 7) is 14.5. The summed E-state index contributed by atoms with van der Waals surface area (Å²) in [5.41, 5.74) is 3.28. The van der Waals surface area contributed by atoms with Gasteiger partial charge in [0.2, 0.25) is 0 Å². The maximum Gasteiger partial charge on any atom is 0.290 e. The Kier molecular flexibility index (Phi) is 10.3. The van der Waals surface area contributed by atoms with E-state index in [-0.39, 0.29) is 22.0 Å². The van der Waals surface area contributed by atoms with E-state index in [1.165, 1.54) is 29.8 Å². The SMILES string of the molecule is C=C/C(=C\C=C(/CC)Nc1cc(-c2cccc(-n3ncc4cc(C(C)(C)C)cc(F)c4c3=O)c2CO)nn(C)c1=O)CN1C[C@H]2CC[C@@H](C1)N2C. The molecule has 6 rings (SSSR count). The van der Waals surface area contributed by atoms with Crippen molar-refractivity contribution >= 4 is 16.5 Å². The number of likely N-dealkylation sites (tertiary alicyclic amines) is 1. The molecule has 0 unspecified atom stereocenters. The highest BCUT2D eigenvalue weighted by Gasteiger charge is 2.37. The number of aryl methyl sites for hydroxylation is 1. The van der Waals surface area contributed by atoms with Crippen molar-refractivity contribution in [3.8, 4) is 16.9 Å². The predicted octanol–water partition coefficient (Wildman–Crippen LogP) is 5.67. The van der Waals surface area contributed by atoms with Crippen molar-refractivity contribution in [2.24, 2.45) is 7.05 Å². The van der Waals surface area contributed by atoms with Gasteiger partial charge in [-0.1, -0.05) is 58.6 Å². The standard InChI is InChI=1S/C40H48FN7O3/c1-8-25(21-47-22-29-15-16-30(23-47)45(29)6)13-14-28(9-2)43-35-19-34(44-46(7)38(35)50)31-11-10-12-36(32(31)24-49)48-39(51)37-26(20-42-48)17-27(18-33(37)41)40(3,4)5/h8,10-14,17-20,29-30,43,49H,1,9,15-16,21-24H2,2-7H3/b25-13+,28-14+/t29-,30+. The van der Waals surface area contributed by atoms with Crippen molar-refractivity contribution in [1.82, 2.24) is 29.4 Å². The van der Waals surface area contributed by atoms with E-state index < -0.39 is 18.0 Å². The topological polar surface area (TPSA) is 109 Å². The van der Waals surface area contributed by atoms with Crippen LogP contribution in [0.5, 0.6) is 0 Å². The molecule has 2 fully saturated rings. The van der Waals surface area contributed by atoms with Gasteiger partial charge in [0.15, 0.2) is 0 Å². The summed E-state index contributed by atoms with van der Waals surface area (Å²) < 4.78 is 17.8. The number of likely N-dealkylation sites (N-methyl/N-ethyl adjacent to an activating group) is 1. The monoisotopic (exact) mass is 693 g/mol. The highest BCUT2D eigenvalue weighted by atomic mass is 19.1. The van der Waals surface area contributed by atoms with E-state index in [1.807, 2.05) is 39.8 Å². The number of anilines is 1. The van der Waals surface area contributed by atoms with E-state index >= 15 is 4.39 Å². The molecular formula is C40H48FN7O3. The first-order chi connectivity index (χ1) is 24.3. The molecule has 10 nitrogen and oxygen atoms in total. The zero-order valence-corrected chi connectivity index (χ0v) is 30.4. The van der Waals surface area contributed by atoms with Gasteiger partial charge in [0, 0.05) is 61.0 Å². The summed E-state index contributed by atoms with van der Waals surface area (Å²) in [5, 5.41) is 23.2. The average Bonchev–Trinajstić information content (AvgIpc) is 3.29. The van der Waals surface area contributed by atoms with Crippen LogP contribution in [-0.2, 0) is 19.1 Å².